The van der Waals surface area contributed by atoms with Crippen molar-refractivity contribution >= 4 is 56.2 Å². The normalized spacial score (nSPS) is 22.7. The molecular formula is C25H28BrN3OS. The number of amides is 1. The van der Waals surface area contributed by atoms with Crippen LogP contribution in [0, 0.1) is 6.92 Å². The summed E-state index contributed by atoms with van der Waals surface area (Å²) in [6.07, 6.45) is 3.12. The van der Waals surface area contributed by atoms with E-state index in [1.807, 2.05) is 30.3 Å². The molecule has 2 aliphatic heterocycles. The second-order valence-electron chi connectivity index (χ2n) is 8.89. The van der Waals surface area contributed by atoms with Crippen LogP contribution in [0.4, 0.5) is 11.4 Å². The van der Waals surface area contributed by atoms with Gasteiger partial charge in [-0.2, -0.15) is 0 Å². The van der Waals surface area contributed by atoms with E-state index >= 15 is 0 Å². The van der Waals surface area contributed by atoms with Crippen molar-refractivity contribution in [3.05, 3.63) is 62.5 Å². The van der Waals surface area contributed by atoms with Crippen molar-refractivity contribution in [2.75, 3.05) is 11.4 Å². The van der Waals surface area contributed by atoms with Gasteiger partial charge in [0.15, 0.2) is 5.17 Å². The first-order valence-corrected chi connectivity index (χ1v) is 12.3. The third kappa shape index (κ3) is 4.46. The highest BCUT2D eigenvalue weighted by atomic mass is 79.9. The maximum atomic E-state index is 12.6. The van der Waals surface area contributed by atoms with Crippen LogP contribution in [0.2, 0.25) is 0 Å². The van der Waals surface area contributed by atoms with Crippen LogP contribution in [-0.4, -0.2) is 23.2 Å². The van der Waals surface area contributed by atoms with Crippen molar-refractivity contribution in [1.82, 2.24) is 5.32 Å². The van der Waals surface area contributed by atoms with Crippen molar-refractivity contribution in [2.24, 2.45) is 4.99 Å². The Labute approximate surface area is 197 Å². The third-order valence-corrected chi connectivity index (χ3v) is 7.52. The molecule has 4 rings (SSSR count). The average Bonchev–Trinajstić information content (AvgIpc) is 3.03. The Morgan fingerprint density at radius 2 is 2.00 bits per heavy atom. The molecule has 1 atom stereocenters. The molecule has 0 aliphatic carbocycles. The molecule has 31 heavy (non-hydrogen) atoms. The molecule has 1 saturated heterocycles. The van der Waals surface area contributed by atoms with Crippen molar-refractivity contribution in [2.45, 2.75) is 52.5 Å². The molecule has 1 fully saturated rings. The molecule has 4 nitrogen and oxygen atoms in total. The summed E-state index contributed by atoms with van der Waals surface area (Å²) in [5, 5.41) is 3.50. The number of hydrogen-bond donors (Lipinski definition) is 1. The summed E-state index contributed by atoms with van der Waals surface area (Å²) < 4.78 is 1.00. The molecule has 1 amide bonds. The number of rotatable bonds is 3. The van der Waals surface area contributed by atoms with Crippen LogP contribution in [0.15, 0.2) is 50.8 Å². The number of anilines is 1. The number of aliphatic imine (C=N–C) groups is 1. The Morgan fingerprint density at radius 3 is 2.68 bits per heavy atom. The van der Waals surface area contributed by atoms with Gasteiger partial charge in [-0.3, -0.25) is 4.79 Å². The number of carbonyl (C=O) groups excluding carboxylic acids is 1. The number of thioether (sulfide) groups is 1. The molecule has 162 valence electrons. The highest BCUT2D eigenvalue weighted by Crippen LogP contribution is 2.44. The van der Waals surface area contributed by atoms with E-state index in [4.69, 9.17) is 0 Å². The summed E-state index contributed by atoms with van der Waals surface area (Å²) in [5.74, 6) is 0.382. The fourth-order valence-electron chi connectivity index (χ4n) is 4.66. The lowest BCUT2D eigenvalue weighted by molar-refractivity contribution is -0.115. The zero-order chi connectivity index (χ0) is 22.3. The van der Waals surface area contributed by atoms with Crippen molar-refractivity contribution < 1.29 is 4.79 Å². The Morgan fingerprint density at radius 1 is 1.29 bits per heavy atom. The van der Waals surface area contributed by atoms with Crippen molar-refractivity contribution in [1.29, 1.82) is 0 Å². The lowest BCUT2D eigenvalue weighted by atomic mass is 9.79. The average molecular weight is 498 g/mol. The first kappa shape index (κ1) is 22.2. The van der Waals surface area contributed by atoms with Crippen LogP contribution in [0.25, 0.3) is 6.08 Å². The van der Waals surface area contributed by atoms with Gasteiger partial charge in [0.25, 0.3) is 5.91 Å². The van der Waals surface area contributed by atoms with Crippen LogP contribution in [0.3, 0.4) is 0 Å². The zero-order valence-electron chi connectivity index (χ0n) is 18.6. The van der Waals surface area contributed by atoms with Crippen LogP contribution in [-0.2, 0) is 4.79 Å². The van der Waals surface area contributed by atoms with E-state index in [2.05, 4.69) is 77.9 Å². The van der Waals surface area contributed by atoms with E-state index in [-0.39, 0.29) is 11.4 Å². The number of hydrogen-bond acceptors (Lipinski definition) is 4. The molecule has 2 aromatic carbocycles. The lowest BCUT2D eigenvalue weighted by Crippen LogP contribution is -2.48. The summed E-state index contributed by atoms with van der Waals surface area (Å²) in [5.41, 5.74) is 5.93. The Kier molecular flexibility index (Phi) is 6.05. The maximum Gasteiger partial charge on any atom is 0.264 e. The quantitative estimate of drug-likeness (QED) is 0.476. The molecule has 0 spiro atoms. The van der Waals surface area contributed by atoms with Crippen molar-refractivity contribution in [3.8, 4) is 0 Å². The fourth-order valence-corrected chi connectivity index (χ4v) is 5.76. The predicted molar refractivity (Wildman–Crippen MR) is 136 cm³/mol. The first-order valence-electron chi connectivity index (χ1n) is 10.7. The van der Waals surface area contributed by atoms with E-state index in [0.29, 0.717) is 16.0 Å². The minimum absolute atomic E-state index is 0.0950. The van der Waals surface area contributed by atoms with Gasteiger partial charge in [0.1, 0.15) is 0 Å². The minimum Gasteiger partial charge on any atom is -0.366 e. The van der Waals surface area contributed by atoms with Gasteiger partial charge in [0.2, 0.25) is 0 Å². The molecule has 0 bridgehead atoms. The third-order valence-electron chi connectivity index (χ3n) is 6.08. The van der Waals surface area contributed by atoms with E-state index in [1.165, 1.54) is 28.6 Å². The van der Waals surface area contributed by atoms with Gasteiger partial charge in [0.05, 0.1) is 10.6 Å². The Balaban J connectivity index is 1.66. The first-order chi connectivity index (χ1) is 14.7. The van der Waals surface area contributed by atoms with Gasteiger partial charge in [-0.05, 0) is 111 Å². The largest absolute Gasteiger partial charge is 0.366 e. The minimum atomic E-state index is -0.0950. The monoisotopic (exact) mass is 497 g/mol. The Hall–Kier alpha value is -2.05. The molecular weight excluding hydrogens is 470 g/mol. The van der Waals surface area contributed by atoms with Crippen LogP contribution < -0.4 is 10.2 Å². The SMILES string of the molecule is CCN1c2cc(C)c(/C=C3\SC(=Nc4ccc(Br)cc4)NC3=O)cc2C(C)CC1(C)C. The zero-order valence-corrected chi connectivity index (χ0v) is 21.0. The summed E-state index contributed by atoms with van der Waals surface area (Å²) in [6, 6.07) is 12.3. The number of aryl methyl sites for hydroxylation is 1. The number of amidine groups is 1. The van der Waals surface area contributed by atoms with E-state index in [0.717, 1.165) is 28.7 Å². The smallest absolute Gasteiger partial charge is 0.264 e. The fraction of sp³-hybridized carbons (Fsp3) is 0.360. The summed E-state index contributed by atoms with van der Waals surface area (Å²) in [7, 11) is 0. The topological polar surface area (TPSA) is 44.7 Å². The van der Waals surface area contributed by atoms with Crippen LogP contribution in [0.5, 0.6) is 0 Å². The van der Waals surface area contributed by atoms with Gasteiger partial charge in [-0.25, -0.2) is 4.99 Å². The standard InChI is InChI=1S/C25H28BrN3OS/c1-6-29-21-11-15(2)17(12-20(21)16(3)14-25(29,4)5)13-22-23(30)28-24(31-22)27-19-9-7-18(26)8-10-19/h7-13,16H,6,14H2,1-5H3,(H,27,28,30)/b22-13-. The van der Waals surface area contributed by atoms with Gasteiger partial charge in [0, 0.05) is 22.2 Å². The number of fused-ring (bicyclic) bond motifs is 1. The number of carbonyl (C=O) groups is 1. The van der Waals surface area contributed by atoms with E-state index in [9.17, 15) is 4.79 Å². The van der Waals surface area contributed by atoms with Crippen LogP contribution in [0.1, 0.15) is 56.7 Å². The molecule has 6 heteroatoms. The molecule has 2 aromatic rings. The highest BCUT2D eigenvalue weighted by molar-refractivity contribution is 9.10. The van der Waals surface area contributed by atoms with Gasteiger partial charge < -0.3 is 10.2 Å². The van der Waals surface area contributed by atoms with Crippen LogP contribution >= 0.6 is 27.7 Å². The number of halogens is 1. The maximum absolute atomic E-state index is 12.6. The van der Waals surface area contributed by atoms with Gasteiger partial charge in [-0.15, -0.1) is 0 Å². The van der Waals surface area contributed by atoms with Crippen molar-refractivity contribution in [3.63, 3.8) is 0 Å². The summed E-state index contributed by atoms with van der Waals surface area (Å²) in [4.78, 5) is 20.3. The molecule has 2 heterocycles. The van der Waals surface area contributed by atoms with Gasteiger partial charge >= 0.3 is 0 Å². The summed E-state index contributed by atoms with van der Waals surface area (Å²) in [6.45, 7) is 12.3. The molecule has 1 unspecified atom stereocenters. The van der Waals surface area contributed by atoms with E-state index < -0.39 is 0 Å². The lowest BCUT2D eigenvalue weighted by Gasteiger charge is -2.47. The molecule has 1 N–H and O–H groups in total. The second-order valence-corrected chi connectivity index (χ2v) is 10.8. The highest BCUT2D eigenvalue weighted by Gasteiger charge is 2.35. The molecule has 0 saturated carbocycles. The number of benzene rings is 2. The Bertz CT molecular complexity index is 1090. The molecule has 0 radical (unpaired) electrons. The predicted octanol–water partition coefficient (Wildman–Crippen LogP) is 6.76. The molecule has 2 aliphatic rings. The second kappa shape index (κ2) is 8.47. The number of nitrogens with one attached hydrogen (secondary N) is 1. The molecule has 0 aromatic heterocycles. The summed E-state index contributed by atoms with van der Waals surface area (Å²) >= 11 is 4.82. The van der Waals surface area contributed by atoms with E-state index in [1.54, 1.807) is 0 Å². The van der Waals surface area contributed by atoms with Gasteiger partial charge in [-0.1, -0.05) is 22.9 Å². The number of nitrogens with zero attached hydrogens (tertiary/aromatic N) is 2.